The van der Waals surface area contributed by atoms with Gasteiger partial charge in [-0.15, -0.1) is 0 Å². The lowest BCUT2D eigenvalue weighted by Gasteiger charge is -2.10. The van der Waals surface area contributed by atoms with Crippen LogP contribution in [-0.2, 0) is 15.9 Å². The van der Waals surface area contributed by atoms with E-state index < -0.39 is 0 Å². The molecule has 0 aliphatic rings. The highest BCUT2D eigenvalue weighted by atomic mass is 16.5. The summed E-state index contributed by atoms with van der Waals surface area (Å²) in [5, 5.41) is 3.25. The van der Waals surface area contributed by atoms with Crippen LogP contribution in [0, 0.1) is 0 Å². The van der Waals surface area contributed by atoms with Crippen LogP contribution in [-0.4, -0.2) is 50.1 Å². The molecule has 1 aromatic rings. The minimum absolute atomic E-state index is 0.469. The molecule has 20 heavy (non-hydrogen) atoms. The van der Waals surface area contributed by atoms with Crippen LogP contribution in [0.15, 0.2) is 6.07 Å². The number of nitrogens with zero attached hydrogens (tertiary/aromatic N) is 2. The zero-order chi connectivity index (χ0) is 14.6. The standard InChI is InChI=1S/C14H25N3O3/c1-4-6-15-13-11-14(17-12(5-2)16-13)20-10-9-19-8-7-18-3/h11H,4-10H2,1-3H3,(H,15,16,17). The summed E-state index contributed by atoms with van der Waals surface area (Å²) in [4.78, 5) is 8.75. The predicted molar refractivity (Wildman–Crippen MR) is 78.4 cm³/mol. The Labute approximate surface area is 120 Å². The lowest BCUT2D eigenvalue weighted by atomic mass is 10.4. The molecule has 6 nitrogen and oxygen atoms in total. The molecule has 0 amide bonds. The summed E-state index contributed by atoms with van der Waals surface area (Å²) in [6.45, 7) is 7.19. The zero-order valence-electron chi connectivity index (χ0n) is 12.6. The van der Waals surface area contributed by atoms with Gasteiger partial charge in [-0.3, -0.25) is 0 Å². The number of hydrogen-bond acceptors (Lipinski definition) is 6. The van der Waals surface area contributed by atoms with E-state index in [4.69, 9.17) is 14.2 Å². The third-order valence-corrected chi connectivity index (χ3v) is 2.53. The van der Waals surface area contributed by atoms with E-state index in [1.54, 1.807) is 7.11 Å². The highest BCUT2D eigenvalue weighted by Crippen LogP contribution is 2.14. The molecule has 0 unspecified atom stereocenters. The van der Waals surface area contributed by atoms with E-state index in [0.717, 1.165) is 31.0 Å². The number of aryl methyl sites for hydroxylation is 1. The molecule has 0 aromatic carbocycles. The van der Waals surface area contributed by atoms with Crippen molar-refractivity contribution in [2.24, 2.45) is 0 Å². The van der Waals surface area contributed by atoms with Crippen LogP contribution in [0.4, 0.5) is 5.82 Å². The van der Waals surface area contributed by atoms with Crippen LogP contribution < -0.4 is 10.1 Å². The summed E-state index contributed by atoms with van der Waals surface area (Å²) in [6, 6.07) is 1.82. The van der Waals surface area contributed by atoms with Crippen LogP contribution in [0.25, 0.3) is 0 Å². The smallest absolute Gasteiger partial charge is 0.218 e. The molecule has 0 saturated heterocycles. The van der Waals surface area contributed by atoms with Crippen molar-refractivity contribution < 1.29 is 14.2 Å². The third kappa shape index (κ3) is 6.68. The Kier molecular flexibility index (Phi) is 8.66. The molecule has 0 aliphatic heterocycles. The van der Waals surface area contributed by atoms with Gasteiger partial charge < -0.3 is 19.5 Å². The Hall–Kier alpha value is -1.40. The van der Waals surface area contributed by atoms with Gasteiger partial charge in [0.2, 0.25) is 5.88 Å². The lowest BCUT2D eigenvalue weighted by molar-refractivity contribution is 0.0536. The first kappa shape index (κ1) is 16.7. The minimum Gasteiger partial charge on any atom is -0.475 e. The first-order chi connectivity index (χ1) is 9.80. The number of anilines is 1. The fourth-order valence-corrected chi connectivity index (χ4v) is 1.50. The molecular weight excluding hydrogens is 258 g/mol. The van der Waals surface area contributed by atoms with Crippen molar-refractivity contribution in [3.63, 3.8) is 0 Å². The molecule has 0 bridgehead atoms. The molecule has 114 valence electrons. The quantitative estimate of drug-likeness (QED) is 0.626. The van der Waals surface area contributed by atoms with Gasteiger partial charge in [-0.1, -0.05) is 13.8 Å². The normalized spacial score (nSPS) is 10.6. The Morgan fingerprint density at radius 1 is 1.10 bits per heavy atom. The maximum absolute atomic E-state index is 5.59. The molecule has 0 spiro atoms. The largest absolute Gasteiger partial charge is 0.475 e. The molecule has 1 heterocycles. The average molecular weight is 283 g/mol. The Morgan fingerprint density at radius 3 is 2.60 bits per heavy atom. The Bertz CT molecular complexity index is 375. The number of rotatable bonds is 11. The molecule has 0 aliphatic carbocycles. The van der Waals surface area contributed by atoms with E-state index in [9.17, 15) is 0 Å². The second-order valence-electron chi connectivity index (χ2n) is 4.24. The van der Waals surface area contributed by atoms with E-state index in [0.29, 0.717) is 32.3 Å². The fourth-order valence-electron chi connectivity index (χ4n) is 1.50. The van der Waals surface area contributed by atoms with Crippen molar-refractivity contribution in [2.75, 3.05) is 45.4 Å². The molecule has 0 atom stereocenters. The van der Waals surface area contributed by atoms with Gasteiger partial charge in [0.25, 0.3) is 0 Å². The van der Waals surface area contributed by atoms with E-state index in [2.05, 4.69) is 22.2 Å². The van der Waals surface area contributed by atoms with Gasteiger partial charge in [-0.05, 0) is 6.42 Å². The highest BCUT2D eigenvalue weighted by molar-refractivity contribution is 5.38. The van der Waals surface area contributed by atoms with Gasteiger partial charge in [0.15, 0.2) is 0 Å². The third-order valence-electron chi connectivity index (χ3n) is 2.53. The summed E-state index contributed by atoms with van der Waals surface area (Å²) in [5.41, 5.74) is 0. The first-order valence-electron chi connectivity index (χ1n) is 7.11. The minimum atomic E-state index is 0.469. The van der Waals surface area contributed by atoms with Crippen molar-refractivity contribution in [1.29, 1.82) is 0 Å². The number of aromatic nitrogens is 2. The summed E-state index contributed by atoms with van der Waals surface area (Å²) >= 11 is 0. The highest BCUT2D eigenvalue weighted by Gasteiger charge is 2.04. The summed E-state index contributed by atoms with van der Waals surface area (Å²) in [6.07, 6.45) is 1.83. The molecule has 0 saturated carbocycles. The summed E-state index contributed by atoms with van der Waals surface area (Å²) in [7, 11) is 1.65. The van der Waals surface area contributed by atoms with E-state index in [1.807, 2.05) is 13.0 Å². The zero-order valence-corrected chi connectivity index (χ0v) is 12.6. The van der Waals surface area contributed by atoms with Crippen LogP contribution >= 0.6 is 0 Å². The molecule has 6 heteroatoms. The van der Waals surface area contributed by atoms with E-state index >= 15 is 0 Å². The number of hydrogen-bond donors (Lipinski definition) is 1. The molecule has 1 N–H and O–H groups in total. The van der Waals surface area contributed by atoms with E-state index in [1.165, 1.54) is 0 Å². The molecule has 0 fully saturated rings. The maximum Gasteiger partial charge on any atom is 0.218 e. The van der Waals surface area contributed by atoms with E-state index in [-0.39, 0.29) is 0 Å². The number of methoxy groups -OCH3 is 1. The Morgan fingerprint density at radius 2 is 1.90 bits per heavy atom. The summed E-state index contributed by atoms with van der Waals surface area (Å²) < 4.78 is 15.8. The van der Waals surface area contributed by atoms with Gasteiger partial charge >= 0.3 is 0 Å². The number of ether oxygens (including phenoxy) is 3. The second kappa shape index (κ2) is 10.4. The van der Waals surface area contributed by atoms with Gasteiger partial charge in [-0.25, -0.2) is 4.98 Å². The Balaban J connectivity index is 2.42. The topological polar surface area (TPSA) is 65.5 Å². The van der Waals surface area contributed by atoms with Gasteiger partial charge in [0, 0.05) is 26.1 Å². The van der Waals surface area contributed by atoms with Crippen molar-refractivity contribution >= 4 is 5.82 Å². The average Bonchev–Trinajstić information content (AvgIpc) is 2.48. The molecule has 1 rings (SSSR count). The monoisotopic (exact) mass is 283 g/mol. The fraction of sp³-hybridized carbons (Fsp3) is 0.714. The van der Waals surface area contributed by atoms with Gasteiger partial charge in [-0.2, -0.15) is 4.98 Å². The van der Waals surface area contributed by atoms with Crippen molar-refractivity contribution in [3.05, 3.63) is 11.9 Å². The lowest BCUT2D eigenvalue weighted by Crippen LogP contribution is -2.12. The second-order valence-corrected chi connectivity index (χ2v) is 4.24. The molecule has 1 aromatic heterocycles. The maximum atomic E-state index is 5.59. The molecule has 0 radical (unpaired) electrons. The van der Waals surface area contributed by atoms with Crippen LogP contribution in [0.5, 0.6) is 5.88 Å². The van der Waals surface area contributed by atoms with Gasteiger partial charge in [0.1, 0.15) is 18.2 Å². The van der Waals surface area contributed by atoms with Crippen LogP contribution in [0.3, 0.4) is 0 Å². The van der Waals surface area contributed by atoms with Crippen molar-refractivity contribution in [1.82, 2.24) is 9.97 Å². The van der Waals surface area contributed by atoms with Crippen molar-refractivity contribution in [3.8, 4) is 5.88 Å². The predicted octanol–water partition coefficient (Wildman–Crippen LogP) is 1.90. The van der Waals surface area contributed by atoms with Crippen molar-refractivity contribution in [2.45, 2.75) is 26.7 Å². The van der Waals surface area contributed by atoms with Crippen LogP contribution in [0.2, 0.25) is 0 Å². The van der Waals surface area contributed by atoms with Crippen LogP contribution in [0.1, 0.15) is 26.1 Å². The number of nitrogens with one attached hydrogen (secondary N) is 1. The molecular formula is C14H25N3O3. The summed E-state index contributed by atoms with van der Waals surface area (Å²) in [5.74, 6) is 2.18. The SMILES string of the molecule is CCCNc1cc(OCCOCCOC)nc(CC)n1. The first-order valence-corrected chi connectivity index (χ1v) is 7.11. The van der Waals surface area contributed by atoms with Gasteiger partial charge in [0.05, 0.1) is 19.8 Å².